The normalized spacial score (nSPS) is 12.7. The second-order valence-corrected chi connectivity index (χ2v) is 7.15. The van der Waals surface area contributed by atoms with Gasteiger partial charge in [-0.1, -0.05) is 17.7 Å². The Bertz CT molecular complexity index is 631. The summed E-state index contributed by atoms with van der Waals surface area (Å²) in [7, 11) is 0. The van der Waals surface area contributed by atoms with Crippen molar-refractivity contribution in [3.05, 3.63) is 67.9 Å². The Hall–Kier alpha value is -1.07. The van der Waals surface area contributed by atoms with Crippen molar-refractivity contribution in [2.75, 3.05) is 6.54 Å². The second-order valence-electron chi connectivity index (χ2n) is 4.37. The average Bonchev–Trinajstić information content (AvgIpc) is 3.17. The summed E-state index contributed by atoms with van der Waals surface area (Å²) in [5, 5.41) is 5.66. The topological polar surface area (TPSA) is 25.2 Å². The highest BCUT2D eigenvalue weighted by Gasteiger charge is 2.18. The number of thiophene rings is 2. The van der Waals surface area contributed by atoms with Crippen LogP contribution in [0.4, 0.5) is 0 Å². The van der Waals surface area contributed by atoms with Gasteiger partial charge in [0.15, 0.2) is 0 Å². The van der Waals surface area contributed by atoms with Crippen molar-refractivity contribution in [2.24, 2.45) is 0 Å². The van der Waals surface area contributed by atoms with E-state index in [0.717, 1.165) is 23.1 Å². The number of halogens is 1. The van der Waals surface area contributed by atoms with Gasteiger partial charge in [-0.25, -0.2) is 0 Å². The predicted molar refractivity (Wildman–Crippen MR) is 85.9 cm³/mol. The van der Waals surface area contributed by atoms with Crippen LogP contribution in [0, 0.1) is 0 Å². The molecular weight excluding hydrogens is 310 g/mol. The molecule has 1 atom stereocenters. The van der Waals surface area contributed by atoms with Gasteiger partial charge in [0.25, 0.3) is 0 Å². The molecule has 3 aromatic heterocycles. The molecular formula is C15H14ClNOS2. The third-order valence-electron chi connectivity index (χ3n) is 3.01. The Morgan fingerprint density at radius 3 is 2.80 bits per heavy atom. The van der Waals surface area contributed by atoms with Gasteiger partial charge in [0, 0.05) is 16.3 Å². The molecule has 1 N–H and O–H groups in total. The van der Waals surface area contributed by atoms with E-state index in [1.165, 1.54) is 9.75 Å². The van der Waals surface area contributed by atoms with Crippen LogP contribution in [0.15, 0.2) is 52.5 Å². The molecule has 2 nitrogen and oxygen atoms in total. The number of nitrogens with one attached hydrogen (secondary N) is 1. The van der Waals surface area contributed by atoms with Crippen LogP contribution in [0.1, 0.15) is 21.6 Å². The zero-order chi connectivity index (χ0) is 13.8. The highest BCUT2D eigenvalue weighted by atomic mass is 35.5. The predicted octanol–water partition coefficient (Wildman–Crippen LogP) is 4.98. The van der Waals surface area contributed by atoms with Crippen molar-refractivity contribution in [1.29, 1.82) is 0 Å². The van der Waals surface area contributed by atoms with Gasteiger partial charge in [0.05, 0.1) is 10.6 Å². The number of rotatable bonds is 6. The van der Waals surface area contributed by atoms with Crippen molar-refractivity contribution >= 4 is 34.3 Å². The first-order valence-electron chi connectivity index (χ1n) is 6.37. The quantitative estimate of drug-likeness (QED) is 0.692. The minimum atomic E-state index is 0.0717. The van der Waals surface area contributed by atoms with Gasteiger partial charge in [-0.2, -0.15) is 0 Å². The summed E-state index contributed by atoms with van der Waals surface area (Å²) < 4.78 is 6.35. The molecule has 104 valence electrons. The van der Waals surface area contributed by atoms with Crippen LogP contribution in [-0.2, 0) is 6.42 Å². The summed E-state index contributed by atoms with van der Waals surface area (Å²) in [6.45, 7) is 0.904. The summed E-state index contributed by atoms with van der Waals surface area (Å²) >= 11 is 9.42. The Balaban J connectivity index is 1.70. The lowest BCUT2D eigenvalue weighted by Gasteiger charge is -2.14. The molecule has 0 radical (unpaired) electrons. The first-order chi connectivity index (χ1) is 9.83. The van der Waals surface area contributed by atoms with E-state index in [-0.39, 0.29) is 6.04 Å². The highest BCUT2D eigenvalue weighted by Crippen LogP contribution is 2.31. The maximum Gasteiger partial charge on any atom is 0.126 e. The molecule has 0 aliphatic rings. The maximum atomic E-state index is 6.04. The minimum absolute atomic E-state index is 0.0717. The van der Waals surface area contributed by atoms with Crippen LogP contribution in [0.25, 0.3) is 0 Å². The molecule has 3 aromatic rings. The Kier molecular flexibility index (Phi) is 4.58. The number of furan rings is 1. The zero-order valence-corrected chi connectivity index (χ0v) is 13.1. The zero-order valence-electron chi connectivity index (χ0n) is 10.7. The van der Waals surface area contributed by atoms with Crippen LogP contribution in [0.5, 0.6) is 0 Å². The van der Waals surface area contributed by atoms with E-state index in [1.54, 1.807) is 28.9 Å². The molecule has 5 heteroatoms. The first kappa shape index (κ1) is 13.9. The van der Waals surface area contributed by atoms with Crippen molar-refractivity contribution in [3.8, 4) is 0 Å². The minimum Gasteiger partial charge on any atom is -0.467 e. The Morgan fingerprint density at radius 2 is 2.15 bits per heavy atom. The summed E-state index contributed by atoms with van der Waals surface area (Å²) in [4.78, 5) is 2.57. The molecule has 0 saturated carbocycles. The molecule has 0 aliphatic carbocycles. The third-order valence-corrected chi connectivity index (χ3v) is 5.24. The van der Waals surface area contributed by atoms with Crippen LogP contribution in [0.2, 0.25) is 4.34 Å². The molecule has 0 aliphatic heterocycles. The number of hydrogen-bond donors (Lipinski definition) is 1. The summed E-state index contributed by atoms with van der Waals surface area (Å²) in [6, 6.07) is 12.2. The Labute approximate surface area is 131 Å². The lowest BCUT2D eigenvalue weighted by Crippen LogP contribution is -2.23. The van der Waals surface area contributed by atoms with Gasteiger partial charge in [-0.15, -0.1) is 22.7 Å². The molecule has 3 heterocycles. The van der Waals surface area contributed by atoms with E-state index in [4.69, 9.17) is 16.0 Å². The molecule has 0 amide bonds. The molecule has 0 aromatic carbocycles. The fourth-order valence-electron chi connectivity index (χ4n) is 2.07. The van der Waals surface area contributed by atoms with Gasteiger partial charge in [-0.05, 0) is 42.1 Å². The van der Waals surface area contributed by atoms with Gasteiger partial charge in [0.2, 0.25) is 0 Å². The first-order valence-corrected chi connectivity index (χ1v) is 8.45. The third kappa shape index (κ3) is 3.33. The molecule has 0 saturated heterocycles. The van der Waals surface area contributed by atoms with Gasteiger partial charge in [0.1, 0.15) is 11.8 Å². The summed E-state index contributed by atoms with van der Waals surface area (Å²) in [5.74, 6) is 0.926. The molecule has 0 spiro atoms. The van der Waals surface area contributed by atoms with Crippen LogP contribution >= 0.6 is 34.3 Å². The summed E-state index contributed by atoms with van der Waals surface area (Å²) in [5.41, 5.74) is 0. The second kappa shape index (κ2) is 6.59. The van der Waals surface area contributed by atoms with E-state index in [0.29, 0.717) is 0 Å². The van der Waals surface area contributed by atoms with Crippen LogP contribution in [-0.4, -0.2) is 6.54 Å². The fourth-order valence-corrected chi connectivity index (χ4v) is 3.93. The molecule has 3 rings (SSSR count). The van der Waals surface area contributed by atoms with E-state index >= 15 is 0 Å². The lowest BCUT2D eigenvalue weighted by atomic mass is 10.2. The standard InChI is InChI=1S/C15H14ClNOS2/c16-14-6-5-13(20-14)15(12-4-1-9-18-12)17-8-7-11-3-2-10-19-11/h1-6,9-10,15,17H,7-8H2. The molecule has 0 bridgehead atoms. The van der Waals surface area contributed by atoms with Crippen molar-refractivity contribution < 1.29 is 4.42 Å². The average molecular weight is 324 g/mol. The Morgan fingerprint density at radius 1 is 1.20 bits per heavy atom. The van der Waals surface area contributed by atoms with Crippen molar-refractivity contribution in [2.45, 2.75) is 12.5 Å². The van der Waals surface area contributed by atoms with E-state index < -0.39 is 0 Å². The van der Waals surface area contributed by atoms with Gasteiger partial charge in [-0.3, -0.25) is 0 Å². The van der Waals surface area contributed by atoms with Crippen LogP contribution < -0.4 is 5.32 Å². The highest BCUT2D eigenvalue weighted by molar-refractivity contribution is 7.16. The van der Waals surface area contributed by atoms with Crippen molar-refractivity contribution in [3.63, 3.8) is 0 Å². The number of hydrogen-bond acceptors (Lipinski definition) is 4. The fraction of sp³-hybridized carbons (Fsp3) is 0.200. The van der Waals surface area contributed by atoms with Gasteiger partial charge < -0.3 is 9.73 Å². The molecule has 0 fully saturated rings. The van der Waals surface area contributed by atoms with Crippen LogP contribution in [0.3, 0.4) is 0 Å². The van der Waals surface area contributed by atoms with E-state index in [1.807, 2.05) is 18.2 Å². The van der Waals surface area contributed by atoms with E-state index in [2.05, 4.69) is 28.9 Å². The van der Waals surface area contributed by atoms with Gasteiger partial charge >= 0.3 is 0 Å². The summed E-state index contributed by atoms with van der Waals surface area (Å²) in [6.07, 6.45) is 2.73. The maximum absolute atomic E-state index is 6.04. The smallest absolute Gasteiger partial charge is 0.126 e. The largest absolute Gasteiger partial charge is 0.467 e. The van der Waals surface area contributed by atoms with Crippen molar-refractivity contribution in [1.82, 2.24) is 5.32 Å². The molecule has 1 unspecified atom stereocenters. The van der Waals surface area contributed by atoms with E-state index in [9.17, 15) is 0 Å². The SMILES string of the molecule is Clc1ccc(C(NCCc2cccs2)c2ccco2)s1. The lowest BCUT2D eigenvalue weighted by molar-refractivity contribution is 0.451. The monoisotopic (exact) mass is 323 g/mol. The molecule has 20 heavy (non-hydrogen) atoms.